The Hall–Kier alpha value is -0.300. The van der Waals surface area contributed by atoms with E-state index in [-0.39, 0.29) is 6.10 Å². The quantitative estimate of drug-likeness (QED) is 0.437. The van der Waals surface area contributed by atoms with Crippen LogP contribution in [0.15, 0.2) is 12.2 Å². The number of aliphatic hydroxyl groups is 1. The molecule has 14 heavy (non-hydrogen) atoms. The fourth-order valence-electron chi connectivity index (χ4n) is 1.66. The molecule has 0 unspecified atom stereocenters. The first kappa shape index (κ1) is 13.7. The average Bonchev–Trinajstić information content (AvgIpc) is 2.10. The lowest BCUT2D eigenvalue weighted by atomic mass is 10.0. The lowest BCUT2D eigenvalue weighted by Crippen LogP contribution is -2.06. The Balaban J connectivity index is 3.14. The monoisotopic (exact) mass is 198 g/mol. The molecule has 0 aliphatic rings. The summed E-state index contributed by atoms with van der Waals surface area (Å²) in [6.07, 6.45) is 9.34. The van der Waals surface area contributed by atoms with Crippen LogP contribution in [0.1, 0.15) is 65.2 Å². The van der Waals surface area contributed by atoms with E-state index < -0.39 is 0 Å². The fraction of sp³-hybridized carbons (Fsp3) is 0.846. The maximum Gasteiger partial charge on any atom is 0.0577 e. The smallest absolute Gasteiger partial charge is 0.0577 e. The standard InChI is InChI=1S/C13H26O/c1-4-5-6-7-8-9-10-13(14)11-12(2)3/h13-14H,2,4-11H2,1,3H3/t13-/m0/s1. The molecule has 1 atom stereocenters. The Bertz CT molecular complexity index is 140. The molecule has 0 aromatic rings. The van der Waals surface area contributed by atoms with Crippen molar-refractivity contribution in [3.8, 4) is 0 Å². The maximum absolute atomic E-state index is 9.56. The van der Waals surface area contributed by atoms with Gasteiger partial charge in [0.1, 0.15) is 0 Å². The van der Waals surface area contributed by atoms with Crippen LogP contribution in [0.3, 0.4) is 0 Å². The van der Waals surface area contributed by atoms with E-state index in [0.717, 1.165) is 24.8 Å². The zero-order chi connectivity index (χ0) is 10.8. The van der Waals surface area contributed by atoms with Gasteiger partial charge in [0.05, 0.1) is 6.10 Å². The fourth-order valence-corrected chi connectivity index (χ4v) is 1.66. The van der Waals surface area contributed by atoms with Gasteiger partial charge in [-0.1, -0.05) is 51.0 Å². The second-order valence-corrected chi connectivity index (χ2v) is 4.37. The Kier molecular flexibility index (Phi) is 9.06. The summed E-state index contributed by atoms with van der Waals surface area (Å²) in [6, 6.07) is 0. The lowest BCUT2D eigenvalue weighted by Gasteiger charge is -2.09. The van der Waals surface area contributed by atoms with Gasteiger partial charge in [0.25, 0.3) is 0 Å². The van der Waals surface area contributed by atoms with Gasteiger partial charge in [0.2, 0.25) is 0 Å². The average molecular weight is 198 g/mol. The van der Waals surface area contributed by atoms with E-state index in [1.807, 2.05) is 6.92 Å². The predicted octanol–water partition coefficient (Wildman–Crippen LogP) is 4.06. The van der Waals surface area contributed by atoms with Crippen LogP contribution in [0.25, 0.3) is 0 Å². The SMILES string of the molecule is C=C(C)C[C@@H](O)CCCCCCCC. The van der Waals surface area contributed by atoms with Crippen molar-refractivity contribution in [3.63, 3.8) is 0 Å². The van der Waals surface area contributed by atoms with Crippen molar-refractivity contribution in [1.82, 2.24) is 0 Å². The molecule has 0 heterocycles. The van der Waals surface area contributed by atoms with Crippen molar-refractivity contribution in [1.29, 1.82) is 0 Å². The summed E-state index contributed by atoms with van der Waals surface area (Å²) in [5.41, 5.74) is 1.09. The first-order valence-corrected chi connectivity index (χ1v) is 5.99. The third kappa shape index (κ3) is 9.79. The molecule has 0 aliphatic carbocycles. The molecular formula is C13H26O. The minimum Gasteiger partial charge on any atom is -0.393 e. The summed E-state index contributed by atoms with van der Waals surface area (Å²) in [5, 5.41) is 9.56. The van der Waals surface area contributed by atoms with Crippen molar-refractivity contribution >= 4 is 0 Å². The highest BCUT2D eigenvalue weighted by molar-refractivity contribution is 4.90. The summed E-state index contributed by atoms with van der Waals surface area (Å²) < 4.78 is 0. The van der Waals surface area contributed by atoms with Gasteiger partial charge in [-0.15, -0.1) is 6.58 Å². The van der Waals surface area contributed by atoms with E-state index >= 15 is 0 Å². The Morgan fingerprint density at radius 1 is 1.14 bits per heavy atom. The van der Waals surface area contributed by atoms with Gasteiger partial charge in [0.15, 0.2) is 0 Å². The van der Waals surface area contributed by atoms with Crippen LogP contribution in [0.4, 0.5) is 0 Å². The third-order valence-electron chi connectivity index (χ3n) is 2.47. The summed E-state index contributed by atoms with van der Waals surface area (Å²) in [7, 11) is 0. The van der Waals surface area contributed by atoms with Gasteiger partial charge in [0, 0.05) is 0 Å². The zero-order valence-electron chi connectivity index (χ0n) is 9.89. The lowest BCUT2D eigenvalue weighted by molar-refractivity contribution is 0.161. The molecule has 0 spiro atoms. The summed E-state index contributed by atoms with van der Waals surface area (Å²) in [4.78, 5) is 0. The molecule has 0 saturated carbocycles. The van der Waals surface area contributed by atoms with Crippen LogP contribution in [0.2, 0.25) is 0 Å². The predicted molar refractivity (Wildman–Crippen MR) is 63.4 cm³/mol. The first-order chi connectivity index (χ1) is 6.66. The molecule has 0 saturated heterocycles. The van der Waals surface area contributed by atoms with Crippen molar-refractivity contribution in [2.24, 2.45) is 0 Å². The molecule has 0 bridgehead atoms. The minimum absolute atomic E-state index is 0.154. The molecule has 0 aromatic heterocycles. The van der Waals surface area contributed by atoms with Crippen LogP contribution in [-0.4, -0.2) is 11.2 Å². The van der Waals surface area contributed by atoms with Crippen LogP contribution in [0.5, 0.6) is 0 Å². The largest absolute Gasteiger partial charge is 0.393 e. The summed E-state index contributed by atoms with van der Waals surface area (Å²) in [5.74, 6) is 0. The van der Waals surface area contributed by atoms with Crippen molar-refractivity contribution < 1.29 is 5.11 Å². The maximum atomic E-state index is 9.56. The second-order valence-electron chi connectivity index (χ2n) is 4.37. The van der Waals surface area contributed by atoms with Gasteiger partial charge >= 0.3 is 0 Å². The van der Waals surface area contributed by atoms with Crippen molar-refractivity contribution in [3.05, 3.63) is 12.2 Å². The molecule has 0 fully saturated rings. The molecule has 84 valence electrons. The topological polar surface area (TPSA) is 20.2 Å². The zero-order valence-corrected chi connectivity index (χ0v) is 9.89. The Morgan fingerprint density at radius 3 is 2.29 bits per heavy atom. The van der Waals surface area contributed by atoms with Gasteiger partial charge in [-0.2, -0.15) is 0 Å². The molecule has 0 radical (unpaired) electrons. The van der Waals surface area contributed by atoms with E-state index in [1.165, 1.54) is 32.1 Å². The molecule has 1 heteroatoms. The highest BCUT2D eigenvalue weighted by atomic mass is 16.3. The number of rotatable bonds is 9. The number of unbranched alkanes of at least 4 members (excludes halogenated alkanes) is 5. The molecule has 1 N–H and O–H groups in total. The highest BCUT2D eigenvalue weighted by Crippen LogP contribution is 2.12. The molecule has 0 amide bonds. The van der Waals surface area contributed by atoms with Crippen molar-refractivity contribution in [2.75, 3.05) is 0 Å². The number of hydrogen-bond acceptors (Lipinski definition) is 1. The second kappa shape index (κ2) is 9.26. The van der Waals surface area contributed by atoms with E-state index in [4.69, 9.17) is 0 Å². The number of hydrogen-bond donors (Lipinski definition) is 1. The van der Waals surface area contributed by atoms with Crippen molar-refractivity contribution in [2.45, 2.75) is 71.3 Å². The first-order valence-electron chi connectivity index (χ1n) is 5.99. The van der Waals surface area contributed by atoms with Crippen LogP contribution in [0, 0.1) is 0 Å². The van der Waals surface area contributed by atoms with Crippen LogP contribution < -0.4 is 0 Å². The van der Waals surface area contributed by atoms with E-state index in [2.05, 4.69) is 13.5 Å². The molecule has 1 nitrogen and oxygen atoms in total. The van der Waals surface area contributed by atoms with Gasteiger partial charge in [-0.3, -0.25) is 0 Å². The van der Waals surface area contributed by atoms with E-state index in [1.54, 1.807) is 0 Å². The van der Waals surface area contributed by atoms with Gasteiger partial charge in [-0.05, 0) is 19.8 Å². The van der Waals surface area contributed by atoms with Gasteiger partial charge in [-0.25, -0.2) is 0 Å². The Morgan fingerprint density at radius 2 is 1.71 bits per heavy atom. The van der Waals surface area contributed by atoms with E-state index in [0.29, 0.717) is 0 Å². The summed E-state index contributed by atoms with van der Waals surface area (Å²) >= 11 is 0. The molecular weight excluding hydrogens is 172 g/mol. The summed E-state index contributed by atoms with van der Waals surface area (Å²) in [6.45, 7) is 8.01. The van der Waals surface area contributed by atoms with Crippen LogP contribution >= 0.6 is 0 Å². The normalized spacial score (nSPS) is 12.8. The van der Waals surface area contributed by atoms with Crippen LogP contribution in [-0.2, 0) is 0 Å². The van der Waals surface area contributed by atoms with Gasteiger partial charge < -0.3 is 5.11 Å². The highest BCUT2D eigenvalue weighted by Gasteiger charge is 2.03. The van der Waals surface area contributed by atoms with E-state index in [9.17, 15) is 5.11 Å². The third-order valence-corrected chi connectivity index (χ3v) is 2.47. The number of aliphatic hydroxyl groups excluding tert-OH is 1. The molecule has 0 rings (SSSR count). The molecule has 0 aromatic carbocycles. The molecule has 0 aliphatic heterocycles. The minimum atomic E-state index is -0.154. The Labute approximate surface area is 89.2 Å².